The van der Waals surface area contributed by atoms with Crippen LogP contribution in [0.15, 0.2) is 267 Å². The van der Waals surface area contributed by atoms with Gasteiger partial charge in [-0.3, -0.25) is 33.7 Å². The lowest BCUT2D eigenvalue weighted by molar-refractivity contribution is 0.0374. The Balaban J connectivity index is 0.000000140. The van der Waals surface area contributed by atoms with Crippen molar-refractivity contribution in [2.45, 2.75) is 54.9 Å². The van der Waals surface area contributed by atoms with Crippen LogP contribution < -0.4 is 31.7 Å². The molecule has 1 aliphatic rings. The van der Waals surface area contributed by atoms with Crippen LogP contribution in [-0.2, 0) is 4.74 Å². The Morgan fingerprint density at radius 2 is 0.685 bits per heavy atom. The molecule has 0 radical (unpaired) electrons. The predicted molar refractivity (Wildman–Crippen MR) is 506 cm³/mol. The molecule has 0 saturated carbocycles. The normalized spacial score (nSPS) is 11.6. The summed E-state index contributed by atoms with van der Waals surface area (Å²) in [6.45, 7) is 17.8. The van der Waals surface area contributed by atoms with Crippen molar-refractivity contribution in [3.05, 3.63) is 339 Å². The minimum atomic E-state index is -0.610. The van der Waals surface area contributed by atoms with Gasteiger partial charge in [0.2, 0.25) is 0 Å². The number of nitrogens with zero attached hydrogens (tertiary/aromatic N) is 2. The van der Waals surface area contributed by atoms with Crippen molar-refractivity contribution in [2.24, 2.45) is 5.73 Å². The molecule has 16 aromatic rings. The molecule has 0 aromatic heterocycles. The Morgan fingerprint density at radius 3 is 1.11 bits per heavy atom. The fraction of sp³-hybridized carbons (Fsp3) is 0.162. The predicted octanol–water partition coefficient (Wildman–Crippen LogP) is 20.3. The number of phenolic OH excluding ortho intramolecular Hbond substituents is 6. The number of ether oxygens (including phenoxy) is 2. The number of morpholine rings is 1. The maximum atomic E-state index is 12.8. The zero-order valence-corrected chi connectivity index (χ0v) is 72.2. The summed E-state index contributed by atoms with van der Waals surface area (Å²) in [7, 11) is 4.89. The third kappa shape index (κ3) is 21.1. The number of aromatic hydroxyl groups is 7. The zero-order chi connectivity index (χ0) is 90.9. The maximum absolute atomic E-state index is 12.8. The Kier molecular flexibility index (Phi) is 29.4. The summed E-state index contributed by atoms with van der Waals surface area (Å²) < 4.78 is 10.6. The number of primary amides is 1. The number of rotatable bonds is 14. The van der Waals surface area contributed by atoms with Crippen molar-refractivity contribution < 1.29 is 74.0 Å². The van der Waals surface area contributed by atoms with Crippen molar-refractivity contribution in [1.82, 2.24) is 15.1 Å². The molecule has 16 aromatic carbocycles. The van der Waals surface area contributed by atoms with E-state index in [0.29, 0.717) is 57.0 Å². The summed E-state index contributed by atoms with van der Waals surface area (Å²) in [6.07, 6.45) is 0.888. The molecule has 1 aliphatic heterocycles. The maximum Gasteiger partial charge on any atom is 0.259 e. The highest BCUT2D eigenvalue weighted by atomic mass is 16.5. The fourth-order valence-electron chi connectivity index (χ4n) is 15.2. The van der Waals surface area contributed by atoms with Crippen LogP contribution in [0.2, 0.25) is 0 Å². The van der Waals surface area contributed by atoms with Crippen LogP contribution in [0.25, 0.3) is 75.4 Å². The van der Waals surface area contributed by atoms with Gasteiger partial charge in [-0.1, -0.05) is 188 Å². The van der Waals surface area contributed by atoms with E-state index in [1.165, 1.54) is 11.0 Å². The number of hydrogen-bond donors (Lipinski definition) is 12. The second-order valence-electron chi connectivity index (χ2n) is 30.9. The minimum absolute atomic E-state index is 0.00361. The first-order chi connectivity index (χ1) is 61.0. The van der Waals surface area contributed by atoms with E-state index in [4.69, 9.17) is 15.2 Å². The molecule has 0 aliphatic carbocycles. The van der Waals surface area contributed by atoms with Crippen LogP contribution in [0.1, 0.15) is 108 Å². The number of carbonyl (C=O) groups excluding carboxylic acids is 6. The van der Waals surface area contributed by atoms with E-state index < -0.39 is 11.8 Å². The number of fused-ring (bicyclic) bond motifs is 7. The van der Waals surface area contributed by atoms with Gasteiger partial charge >= 0.3 is 0 Å². The molecule has 1 fully saturated rings. The van der Waals surface area contributed by atoms with Gasteiger partial charge in [-0.25, -0.2) is 0 Å². The fourth-order valence-corrected chi connectivity index (χ4v) is 15.2. The van der Waals surface area contributed by atoms with Gasteiger partial charge in [-0.2, -0.15) is 0 Å². The largest absolute Gasteiger partial charge is 0.507 e. The van der Waals surface area contributed by atoms with Crippen molar-refractivity contribution in [1.29, 1.82) is 0 Å². The summed E-state index contributed by atoms with van der Waals surface area (Å²) in [4.78, 5) is 77.0. The number of phenols is 7. The highest BCUT2D eigenvalue weighted by molar-refractivity contribution is 6.14. The van der Waals surface area contributed by atoms with Gasteiger partial charge < -0.3 is 77.1 Å². The van der Waals surface area contributed by atoms with Crippen molar-refractivity contribution >= 4 is 128 Å². The van der Waals surface area contributed by atoms with E-state index >= 15 is 0 Å². The monoisotopic (exact) mass is 1700 g/mol. The molecule has 6 amide bonds. The molecule has 0 unspecified atom stereocenters. The second kappa shape index (κ2) is 41.1. The Hall–Kier alpha value is -15.5. The third-order valence-corrected chi connectivity index (χ3v) is 22.4. The van der Waals surface area contributed by atoms with Crippen LogP contribution >= 0.6 is 0 Å². The lowest BCUT2D eigenvalue weighted by Gasteiger charge is -2.26. The first kappa shape index (κ1) is 90.7. The number of nitrogens with one attached hydrogen (secondary N) is 4. The van der Waals surface area contributed by atoms with Gasteiger partial charge in [0.25, 0.3) is 35.4 Å². The summed E-state index contributed by atoms with van der Waals surface area (Å²) in [6, 6.07) is 81.8. The molecular weight excluding hydrogens is 1600 g/mol. The number of hydrogen-bond acceptors (Lipinski definition) is 16. The molecule has 13 N–H and O–H groups in total. The molecule has 646 valence electrons. The van der Waals surface area contributed by atoms with E-state index in [0.717, 1.165) is 137 Å². The highest BCUT2D eigenvalue weighted by Crippen LogP contribution is 2.39. The average molecular weight is 1700 g/mol. The van der Waals surface area contributed by atoms with Crippen LogP contribution in [0, 0.1) is 48.5 Å². The molecule has 1 saturated heterocycles. The number of nitrogens with two attached hydrogens (primary N) is 1. The van der Waals surface area contributed by atoms with E-state index in [2.05, 4.69) is 38.3 Å². The smallest absolute Gasteiger partial charge is 0.259 e. The number of aryl methyl sites for hydroxylation is 7. The third-order valence-electron chi connectivity index (χ3n) is 22.4. The van der Waals surface area contributed by atoms with Crippen LogP contribution in [-0.4, -0.2) is 142 Å². The van der Waals surface area contributed by atoms with Gasteiger partial charge in [0.05, 0.1) is 65.1 Å². The SMILES string of the molecule is COc1ccccc1NC(=O)c1cc2ccccc2c(C)c1O.Cc1c(O)c(C(=O)N(C)C)cc2ccccc12.Cc1c(O)c(C(=O)NCCCN2CCOCC2)cc2ccccc12.Cc1c(O)c(C(=O)Nc2ccccc2O)cc2ccccc12.Cc1c(O)c(C(N)=O)cc2ccccc12.Cc1ccccc1NC(=O)c1cc2cc3ccccc3cc2c(C)c1O. The van der Waals surface area contributed by atoms with E-state index in [-0.39, 0.29) is 86.1 Å². The van der Waals surface area contributed by atoms with Crippen LogP contribution in [0.5, 0.6) is 46.0 Å². The topological polar surface area (TPSA) is 343 Å². The van der Waals surface area contributed by atoms with Gasteiger partial charge in [0.1, 0.15) is 46.0 Å². The number of methoxy groups -OCH3 is 1. The molecule has 0 bridgehead atoms. The van der Waals surface area contributed by atoms with E-state index in [9.17, 15) is 64.5 Å². The molecule has 127 heavy (non-hydrogen) atoms. The van der Waals surface area contributed by atoms with Crippen LogP contribution in [0.4, 0.5) is 17.1 Å². The lowest BCUT2D eigenvalue weighted by atomic mass is 9.96. The van der Waals surface area contributed by atoms with Crippen molar-refractivity contribution in [3.8, 4) is 46.0 Å². The summed E-state index contributed by atoms with van der Waals surface area (Å²) in [5.41, 5.74) is 13.6. The molecule has 22 nitrogen and oxygen atoms in total. The van der Waals surface area contributed by atoms with Crippen molar-refractivity contribution in [2.75, 3.05) is 76.5 Å². The number of benzene rings is 16. The van der Waals surface area contributed by atoms with Crippen LogP contribution in [0.3, 0.4) is 0 Å². The minimum Gasteiger partial charge on any atom is -0.507 e. The Bertz CT molecular complexity index is 6860. The lowest BCUT2D eigenvalue weighted by Crippen LogP contribution is -2.38. The Morgan fingerprint density at radius 1 is 0.362 bits per heavy atom. The van der Waals surface area contributed by atoms with E-state index in [1.54, 1.807) is 109 Å². The summed E-state index contributed by atoms with van der Waals surface area (Å²) in [5, 5.41) is 95.8. The van der Waals surface area contributed by atoms with Gasteiger partial charge in [-0.05, 0) is 255 Å². The molecule has 17 rings (SSSR count). The first-order valence-corrected chi connectivity index (χ1v) is 41.3. The summed E-state index contributed by atoms with van der Waals surface area (Å²) >= 11 is 0. The molecule has 0 atom stereocenters. The molecule has 0 spiro atoms. The quantitative estimate of drug-likeness (QED) is 0.0273. The number of amides is 6. The molecule has 22 heteroatoms. The summed E-state index contributed by atoms with van der Waals surface area (Å²) in [5.74, 6) is -1.53. The van der Waals surface area contributed by atoms with Crippen molar-refractivity contribution in [3.63, 3.8) is 0 Å². The standard InChI is InChI=1S/C23H19NO2.C19H24N2O3.C19H17NO3.C18H15NO3.C14H15NO2.C12H11NO2/c1-14-7-3-6-10-21(14)24-23(26)20-13-18-11-16-8-4-5-9-17(16)12-19(18)15(2)22(20)25;1-14-16-6-3-2-5-15(16)13-17(18(14)22)19(23)20-7-4-8-21-9-11-24-12-10-21;1-12-14-8-4-3-7-13(14)11-15(18(12)21)19(22)20-16-9-5-6-10-17(16)23-2;1-11-13-7-3-2-6-12(13)10-14(17(11)21)18(22)19-15-8-4-5-9-16(15)20;1-9-11-7-5-4-6-10(11)8-12(13(9)16)14(17)15(2)3;1-7-9-5-3-2-4-8(9)6-10(11(7)14)12(13)15/h3-13,25H,1-2H3,(H,24,26);2-3,5-6,13,22H,4,7-12H2,1H3,(H,20,23);3-11,21H,1-2H3,(H,20,22);2-10,20-21H,1H3,(H,19,22);4-8,16H,1-3H3;2-6,14H,1H3,(H2,13,15). The average Bonchev–Trinajstić information content (AvgIpc) is 0.763. The molecular formula is C105H101N7O15. The van der Waals surface area contributed by atoms with Gasteiger partial charge in [0.15, 0.2) is 0 Å². The van der Waals surface area contributed by atoms with E-state index in [1.807, 2.05) is 210 Å². The number of anilines is 3. The first-order valence-electron chi connectivity index (χ1n) is 41.3. The number of carbonyl (C=O) groups is 6. The number of para-hydroxylation sites is 5. The van der Waals surface area contributed by atoms with Gasteiger partial charge in [0, 0.05) is 39.4 Å². The Labute approximate surface area is 735 Å². The zero-order valence-electron chi connectivity index (χ0n) is 72.2. The second-order valence-corrected chi connectivity index (χ2v) is 30.9. The van der Waals surface area contributed by atoms with Gasteiger partial charge in [-0.15, -0.1) is 0 Å². The highest BCUT2D eigenvalue weighted by Gasteiger charge is 2.24. The molecule has 1 heterocycles.